The van der Waals surface area contributed by atoms with E-state index in [2.05, 4.69) is 20.6 Å². The molecule has 3 aromatic rings. The van der Waals surface area contributed by atoms with Gasteiger partial charge in [-0.3, -0.25) is 0 Å². The van der Waals surface area contributed by atoms with E-state index in [0.29, 0.717) is 23.2 Å². The van der Waals surface area contributed by atoms with E-state index in [-0.39, 0.29) is 6.03 Å². The van der Waals surface area contributed by atoms with E-state index in [1.165, 1.54) is 11.8 Å². The first-order chi connectivity index (χ1) is 14.1. The molecular formula is C21H22N4O3S. The zero-order valence-electron chi connectivity index (χ0n) is 16.4. The number of urea groups is 1. The van der Waals surface area contributed by atoms with Crippen molar-refractivity contribution in [2.45, 2.75) is 23.5 Å². The maximum atomic E-state index is 12.3. The van der Waals surface area contributed by atoms with Crippen molar-refractivity contribution in [2.75, 3.05) is 19.5 Å². The Bertz CT molecular complexity index is 961. The van der Waals surface area contributed by atoms with Crippen LogP contribution < -0.4 is 20.1 Å². The summed E-state index contributed by atoms with van der Waals surface area (Å²) < 4.78 is 10.5. The average Bonchev–Trinajstić information content (AvgIpc) is 2.74. The van der Waals surface area contributed by atoms with Crippen molar-refractivity contribution in [3.8, 4) is 11.5 Å². The Hall–Kier alpha value is -3.26. The Morgan fingerprint density at radius 3 is 2.34 bits per heavy atom. The van der Waals surface area contributed by atoms with Gasteiger partial charge < -0.3 is 20.1 Å². The zero-order chi connectivity index (χ0) is 20.6. The van der Waals surface area contributed by atoms with Crippen molar-refractivity contribution in [1.82, 2.24) is 15.3 Å². The summed E-state index contributed by atoms with van der Waals surface area (Å²) in [6, 6.07) is 12.8. The molecule has 2 N–H and O–H groups in total. The second kappa shape index (κ2) is 9.79. The summed E-state index contributed by atoms with van der Waals surface area (Å²) in [4.78, 5) is 21.7. The minimum absolute atomic E-state index is 0.290. The number of amides is 2. The number of methoxy groups -OCH3 is 2. The van der Waals surface area contributed by atoms with Gasteiger partial charge in [0.15, 0.2) is 5.16 Å². The van der Waals surface area contributed by atoms with E-state index in [1.54, 1.807) is 38.7 Å². The summed E-state index contributed by atoms with van der Waals surface area (Å²) in [6.45, 7) is 2.29. The van der Waals surface area contributed by atoms with E-state index >= 15 is 0 Å². The molecule has 3 rings (SSSR count). The number of ether oxygens (including phenoxy) is 2. The van der Waals surface area contributed by atoms with Gasteiger partial charge in [0.2, 0.25) is 0 Å². The van der Waals surface area contributed by atoms with Crippen LogP contribution in [0.25, 0.3) is 0 Å². The predicted molar refractivity (Wildman–Crippen MR) is 113 cm³/mol. The number of anilines is 1. The summed E-state index contributed by atoms with van der Waals surface area (Å²) in [5.74, 6) is 1.35. The molecule has 1 aromatic heterocycles. The molecule has 29 heavy (non-hydrogen) atoms. The fraction of sp³-hybridized carbons (Fsp3) is 0.190. The lowest BCUT2D eigenvalue weighted by Crippen LogP contribution is -2.28. The largest absolute Gasteiger partial charge is 0.497 e. The van der Waals surface area contributed by atoms with Crippen molar-refractivity contribution in [1.29, 1.82) is 0 Å². The Morgan fingerprint density at radius 2 is 1.72 bits per heavy atom. The molecule has 0 spiro atoms. The van der Waals surface area contributed by atoms with Gasteiger partial charge in [-0.15, -0.1) is 0 Å². The van der Waals surface area contributed by atoms with Crippen molar-refractivity contribution in [2.24, 2.45) is 0 Å². The highest BCUT2D eigenvalue weighted by atomic mass is 32.2. The molecule has 8 heteroatoms. The quantitative estimate of drug-likeness (QED) is 0.566. The van der Waals surface area contributed by atoms with Crippen LogP contribution in [-0.4, -0.2) is 30.2 Å². The molecule has 0 saturated carbocycles. The average molecular weight is 410 g/mol. The summed E-state index contributed by atoms with van der Waals surface area (Å²) in [5.41, 5.74) is 2.57. The van der Waals surface area contributed by atoms with Crippen molar-refractivity contribution in [3.05, 3.63) is 66.0 Å². The topological polar surface area (TPSA) is 85.4 Å². The lowest BCUT2D eigenvalue weighted by molar-refractivity contribution is 0.251. The van der Waals surface area contributed by atoms with Crippen LogP contribution >= 0.6 is 11.8 Å². The first-order valence-corrected chi connectivity index (χ1v) is 9.71. The third kappa shape index (κ3) is 5.86. The standard InChI is InChI=1S/C21H22N4O3S/c1-14-9-18(29-21-22-7-4-8-23-21)5-6-19(14)25-20(26)24-13-15-10-16(27-2)12-17(11-15)28-3/h4-12H,13H2,1-3H3,(H2,24,25,26). The molecule has 7 nitrogen and oxygen atoms in total. The molecule has 0 aliphatic rings. The lowest BCUT2D eigenvalue weighted by atomic mass is 10.2. The van der Waals surface area contributed by atoms with Gasteiger partial charge in [-0.1, -0.05) is 0 Å². The molecule has 0 radical (unpaired) electrons. The van der Waals surface area contributed by atoms with Gasteiger partial charge in [-0.05, 0) is 66.2 Å². The molecule has 0 atom stereocenters. The maximum absolute atomic E-state index is 12.3. The minimum Gasteiger partial charge on any atom is -0.497 e. The number of carbonyl (C=O) groups excluding carboxylic acids is 1. The summed E-state index contributed by atoms with van der Waals surface area (Å²) >= 11 is 1.47. The van der Waals surface area contributed by atoms with E-state index in [1.807, 2.05) is 37.3 Å². The van der Waals surface area contributed by atoms with Gasteiger partial charge in [-0.25, -0.2) is 14.8 Å². The second-order valence-electron chi connectivity index (χ2n) is 6.14. The first-order valence-electron chi connectivity index (χ1n) is 8.89. The van der Waals surface area contributed by atoms with Crippen molar-refractivity contribution < 1.29 is 14.3 Å². The first kappa shape index (κ1) is 20.5. The SMILES string of the molecule is COc1cc(CNC(=O)Nc2ccc(Sc3ncccn3)cc2C)cc(OC)c1. The van der Waals surface area contributed by atoms with Crippen LogP contribution in [0.5, 0.6) is 11.5 Å². The maximum Gasteiger partial charge on any atom is 0.319 e. The number of carbonyl (C=O) groups is 1. The Labute approximate surface area is 173 Å². The van der Waals surface area contributed by atoms with Gasteiger partial charge in [-0.2, -0.15) is 0 Å². The molecule has 0 bridgehead atoms. The van der Waals surface area contributed by atoms with Crippen molar-refractivity contribution >= 4 is 23.5 Å². The fourth-order valence-corrected chi connectivity index (χ4v) is 3.41. The third-order valence-electron chi connectivity index (χ3n) is 4.06. The van der Waals surface area contributed by atoms with Crippen LogP contribution in [0.3, 0.4) is 0 Å². The lowest BCUT2D eigenvalue weighted by Gasteiger charge is -2.12. The van der Waals surface area contributed by atoms with Gasteiger partial charge in [0.25, 0.3) is 0 Å². The molecule has 0 saturated heterocycles. The predicted octanol–water partition coefficient (Wildman–Crippen LogP) is 4.28. The van der Waals surface area contributed by atoms with Gasteiger partial charge >= 0.3 is 6.03 Å². The Kier molecular flexibility index (Phi) is 6.91. The molecular weight excluding hydrogens is 388 g/mol. The molecule has 2 amide bonds. The zero-order valence-corrected chi connectivity index (χ0v) is 17.2. The highest BCUT2D eigenvalue weighted by Crippen LogP contribution is 2.28. The summed E-state index contributed by atoms with van der Waals surface area (Å²) in [7, 11) is 3.18. The smallest absolute Gasteiger partial charge is 0.319 e. The molecule has 0 unspecified atom stereocenters. The van der Waals surface area contributed by atoms with E-state index in [0.717, 1.165) is 21.7 Å². The van der Waals surface area contributed by atoms with Crippen LogP contribution in [0.15, 0.2) is 64.9 Å². The van der Waals surface area contributed by atoms with Crippen molar-refractivity contribution in [3.63, 3.8) is 0 Å². The fourth-order valence-electron chi connectivity index (χ4n) is 2.60. The van der Waals surface area contributed by atoms with Crippen LogP contribution in [0.2, 0.25) is 0 Å². The number of aromatic nitrogens is 2. The van der Waals surface area contributed by atoms with E-state index in [9.17, 15) is 4.79 Å². The van der Waals surface area contributed by atoms with E-state index in [4.69, 9.17) is 9.47 Å². The van der Waals surface area contributed by atoms with Gasteiger partial charge in [0.05, 0.1) is 14.2 Å². The van der Waals surface area contributed by atoms with Crippen LogP contribution in [0.1, 0.15) is 11.1 Å². The molecule has 0 fully saturated rings. The highest BCUT2D eigenvalue weighted by Gasteiger charge is 2.08. The number of benzene rings is 2. The molecule has 150 valence electrons. The third-order valence-corrected chi connectivity index (χ3v) is 4.94. The normalized spacial score (nSPS) is 10.3. The number of aryl methyl sites for hydroxylation is 1. The second-order valence-corrected chi connectivity index (χ2v) is 7.18. The summed E-state index contributed by atoms with van der Waals surface area (Å²) in [6.07, 6.45) is 3.42. The molecule has 2 aromatic carbocycles. The highest BCUT2D eigenvalue weighted by molar-refractivity contribution is 7.99. The number of nitrogens with zero attached hydrogens (tertiary/aromatic N) is 2. The van der Waals surface area contributed by atoms with E-state index < -0.39 is 0 Å². The van der Waals surface area contributed by atoms with Gasteiger partial charge in [0, 0.05) is 35.6 Å². The molecule has 0 aliphatic carbocycles. The summed E-state index contributed by atoms with van der Waals surface area (Å²) in [5, 5.41) is 6.40. The number of hydrogen-bond donors (Lipinski definition) is 2. The number of nitrogens with one attached hydrogen (secondary N) is 2. The number of hydrogen-bond acceptors (Lipinski definition) is 6. The van der Waals surface area contributed by atoms with Crippen LogP contribution in [-0.2, 0) is 6.54 Å². The van der Waals surface area contributed by atoms with Crippen LogP contribution in [0, 0.1) is 6.92 Å². The van der Waals surface area contributed by atoms with Gasteiger partial charge in [0.1, 0.15) is 11.5 Å². The Morgan fingerprint density at radius 1 is 1.03 bits per heavy atom. The minimum atomic E-state index is -0.290. The Balaban J connectivity index is 1.59. The molecule has 0 aliphatic heterocycles. The number of rotatable bonds is 7. The molecule has 1 heterocycles. The van der Waals surface area contributed by atoms with Crippen LogP contribution in [0.4, 0.5) is 10.5 Å². The monoisotopic (exact) mass is 410 g/mol.